The SMILES string of the molecule is O=C(c1ccc2ccccc2c1)c1cc[n+](O)cc1F. The average Bonchev–Trinajstić information content (AvgIpc) is 2.46. The van der Waals surface area contributed by atoms with Crippen LogP contribution in [0.25, 0.3) is 10.8 Å². The van der Waals surface area contributed by atoms with Crippen LogP contribution in [-0.4, -0.2) is 11.0 Å². The molecular formula is C16H11FNO2+. The molecule has 3 aromatic rings. The second kappa shape index (κ2) is 4.74. The summed E-state index contributed by atoms with van der Waals surface area (Å²) in [6.07, 6.45) is 2.08. The zero-order valence-electron chi connectivity index (χ0n) is 10.5. The molecule has 0 aliphatic carbocycles. The highest BCUT2D eigenvalue weighted by molar-refractivity contribution is 6.10. The molecule has 0 aliphatic heterocycles. The molecule has 0 amide bonds. The second-order valence-electron chi connectivity index (χ2n) is 4.48. The lowest BCUT2D eigenvalue weighted by Gasteiger charge is -2.03. The van der Waals surface area contributed by atoms with Crippen LogP contribution in [0.5, 0.6) is 0 Å². The number of hydrogen-bond acceptors (Lipinski definition) is 2. The molecule has 1 aromatic heterocycles. The van der Waals surface area contributed by atoms with Crippen molar-refractivity contribution in [2.45, 2.75) is 0 Å². The highest BCUT2D eigenvalue weighted by Gasteiger charge is 2.17. The minimum atomic E-state index is -0.756. The third-order valence-electron chi connectivity index (χ3n) is 3.15. The number of pyridine rings is 1. The first-order valence-corrected chi connectivity index (χ1v) is 6.09. The van der Waals surface area contributed by atoms with E-state index in [1.54, 1.807) is 12.1 Å². The monoisotopic (exact) mass is 268 g/mol. The maximum Gasteiger partial charge on any atom is 0.258 e. The predicted octanol–water partition coefficient (Wildman–Crippen LogP) is 2.73. The van der Waals surface area contributed by atoms with Gasteiger partial charge in [-0.15, -0.1) is 0 Å². The first-order valence-electron chi connectivity index (χ1n) is 6.09. The Morgan fingerprint density at radius 2 is 1.80 bits per heavy atom. The Hall–Kier alpha value is -2.75. The maximum absolute atomic E-state index is 13.7. The number of carbonyl (C=O) groups excluding carboxylic acids is 1. The van der Waals surface area contributed by atoms with Crippen molar-refractivity contribution in [1.82, 2.24) is 0 Å². The van der Waals surface area contributed by atoms with E-state index in [0.717, 1.165) is 17.0 Å². The number of hydrogen-bond donors (Lipinski definition) is 1. The molecule has 3 rings (SSSR count). The Kier molecular flexibility index (Phi) is 2.91. The van der Waals surface area contributed by atoms with Gasteiger partial charge in [0.05, 0.1) is 5.56 Å². The third-order valence-corrected chi connectivity index (χ3v) is 3.15. The zero-order chi connectivity index (χ0) is 14.1. The molecule has 1 heterocycles. The highest BCUT2D eigenvalue weighted by Crippen LogP contribution is 2.18. The van der Waals surface area contributed by atoms with Crippen molar-refractivity contribution >= 4 is 16.6 Å². The van der Waals surface area contributed by atoms with Crippen LogP contribution in [0, 0.1) is 5.82 Å². The standard InChI is InChI=1S/C16H11FNO2/c17-15-10-18(20)8-7-14(15)16(19)13-6-5-11-3-1-2-4-12(11)9-13/h1-10,20H/q+1. The number of ketones is 1. The molecule has 0 radical (unpaired) electrons. The van der Waals surface area contributed by atoms with Crippen LogP contribution >= 0.6 is 0 Å². The highest BCUT2D eigenvalue weighted by atomic mass is 19.1. The van der Waals surface area contributed by atoms with Crippen molar-refractivity contribution in [3.05, 3.63) is 77.9 Å². The normalized spacial score (nSPS) is 10.7. The van der Waals surface area contributed by atoms with E-state index in [9.17, 15) is 9.18 Å². The van der Waals surface area contributed by atoms with Gasteiger partial charge in [0.1, 0.15) is 0 Å². The molecule has 3 nitrogen and oxygen atoms in total. The Bertz CT molecular complexity index is 814. The van der Waals surface area contributed by atoms with Crippen molar-refractivity contribution in [3.63, 3.8) is 0 Å². The number of benzene rings is 2. The summed E-state index contributed by atoms with van der Waals surface area (Å²) in [6, 6.07) is 14.1. The first-order chi connectivity index (χ1) is 9.65. The van der Waals surface area contributed by atoms with Gasteiger partial charge in [-0.1, -0.05) is 36.4 Å². The summed E-state index contributed by atoms with van der Waals surface area (Å²) in [5.74, 6) is -1.16. The van der Waals surface area contributed by atoms with Gasteiger partial charge in [-0.25, -0.2) is 0 Å². The van der Waals surface area contributed by atoms with E-state index in [1.807, 2.05) is 30.3 Å². The summed E-state index contributed by atoms with van der Waals surface area (Å²) in [4.78, 5) is 12.3. The fraction of sp³-hybridized carbons (Fsp3) is 0. The first kappa shape index (κ1) is 12.3. The fourth-order valence-corrected chi connectivity index (χ4v) is 2.13. The van der Waals surface area contributed by atoms with Crippen molar-refractivity contribution < 1.29 is 19.1 Å². The number of halogens is 1. The molecule has 98 valence electrons. The van der Waals surface area contributed by atoms with Crippen LogP contribution < -0.4 is 4.73 Å². The lowest BCUT2D eigenvalue weighted by Crippen LogP contribution is -2.30. The lowest BCUT2D eigenvalue weighted by atomic mass is 10.0. The second-order valence-corrected chi connectivity index (χ2v) is 4.48. The largest absolute Gasteiger partial charge is 0.288 e. The van der Waals surface area contributed by atoms with Crippen LogP contribution in [0.2, 0.25) is 0 Å². The quantitative estimate of drug-likeness (QED) is 0.441. The lowest BCUT2D eigenvalue weighted by molar-refractivity contribution is -0.905. The molecule has 0 aliphatic rings. The number of nitrogens with zero attached hydrogens (tertiary/aromatic N) is 1. The Labute approximate surface area is 114 Å². The van der Waals surface area contributed by atoms with Crippen LogP contribution in [-0.2, 0) is 0 Å². The molecule has 2 aromatic carbocycles. The van der Waals surface area contributed by atoms with E-state index >= 15 is 0 Å². The molecule has 0 fully saturated rings. The van der Waals surface area contributed by atoms with Crippen LogP contribution in [0.3, 0.4) is 0 Å². The summed E-state index contributed by atoms with van der Waals surface area (Å²) in [6.45, 7) is 0. The number of rotatable bonds is 2. The van der Waals surface area contributed by atoms with Gasteiger partial charge in [0.15, 0.2) is 5.78 Å². The van der Waals surface area contributed by atoms with E-state index in [-0.39, 0.29) is 5.56 Å². The van der Waals surface area contributed by atoms with Gasteiger partial charge in [0.2, 0.25) is 12.0 Å². The summed E-state index contributed by atoms with van der Waals surface area (Å²) < 4.78 is 14.3. The van der Waals surface area contributed by atoms with Gasteiger partial charge < -0.3 is 0 Å². The third kappa shape index (κ3) is 2.12. The van der Waals surface area contributed by atoms with Crippen molar-refractivity contribution in [3.8, 4) is 0 Å². The molecule has 0 saturated carbocycles. The molecule has 0 unspecified atom stereocenters. The molecule has 0 bridgehead atoms. The zero-order valence-corrected chi connectivity index (χ0v) is 10.5. The number of fused-ring (bicyclic) bond motifs is 1. The van der Waals surface area contributed by atoms with E-state index in [2.05, 4.69) is 0 Å². The van der Waals surface area contributed by atoms with Crippen molar-refractivity contribution in [2.75, 3.05) is 0 Å². The van der Waals surface area contributed by atoms with Crippen molar-refractivity contribution in [1.29, 1.82) is 0 Å². The van der Waals surface area contributed by atoms with Gasteiger partial charge in [-0.3, -0.25) is 10.0 Å². The molecule has 0 saturated heterocycles. The minimum Gasteiger partial charge on any atom is -0.288 e. The molecule has 0 spiro atoms. The maximum atomic E-state index is 13.7. The number of aromatic nitrogens is 1. The summed E-state index contributed by atoms with van der Waals surface area (Å²) in [5.41, 5.74) is 0.351. The molecule has 4 heteroatoms. The number of carbonyl (C=O) groups is 1. The minimum absolute atomic E-state index is 0.0643. The van der Waals surface area contributed by atoms with Crippen LogP contribution in [0.1, 0.15) is 15.9 Å². The Morgan fingerprint density at radius 3 is 2.55 bits per heavy atom. The summed E-state index contributed by atoms with van der Waals surface area (Å²) >= 11 is 0. The Balaban J connectivity index is 2.08. The van der Waals surface area contributed by atoms with Gasteiger partial charge in [-0.05, 0) is 16.8 Å². The molecule has 0 atom stereocenters. The van der Waals surface area contributed by atoms with Gasteiger partial charge in [-0.2, -0.15) is 4.39 Å². The average molecular weight is 268 g/mol. The Morgan fingerprint density at radius 1 is 1.05 bits per heavy atom. The smallest absolute Gasteiger partial charge is 0.258 e. The van der Waals surface area contributed by atoms with Crippen LogP contribution in [0.4, 0.5) is 4.39 Å². The van der Waals surface area contributed by atoms with Gasteiger partial charge in [0, 0.05) is 16.4 Å². The predicted molar refractivity (Wildman–Crippen MR) is 71.2 cm³/mol. The summed E-state index contributed by atoms with van der Waals surface area (Å²) in [5, 5.41) is 11.0. The molecule has 20 heavy (non-hydrogen) atoms. The van der Waals surface area contributed by atoms with Gasteiger partial charge in [0.25, 0.3) is 6.20 Å². The van der Waals surface area contributed by atoms with E-state index in [1.165, 1.54) is 12.3 Å². The van der Waals surface area contributed by atoms with Crippen molar-refractivity contribution in [2.24, 2.45) is 0 Å². The van der Waals surface area contributed by atoms with Gasteiger partial charge >= 0.3 is 0 Å². The van der Waals surface area contributed by atoms with E-state index in [4.69, 9.17) is 5.21 Å². The van der Waals surface area contributed by atoms with Crippen LogP contribution in [0.15, 0.2) is 60.9 Å². The van der Waals surface area contributed by atoms with E-state index < -0.39 is 11.6 Å². The molecular weight excluding hydrogens is 257 g/mol. The fourth-order valence-electron chi connectivity index (χ4n) is 2.13. The summed E-state index contributed by atoms with van der Waals surface area (Å²) in [7, 11) is 0. The topological polar surface area (TPSA) is 41.2 Å². The molecule has 1 N–H and O–H groups in total. The van der Waals surface area contributed by atoms with E-state index in [0.29, 0.717) is 10.3 Å².